The van der Waals surface area contributed by atoms with Gasteiger partial charge < -0.3 is 5.73 Å². The molecule has 64 valence electrons. The van der Waals surface area contributed by atoms with E-state index in [1.165, 1.54) is 6.07 Å². The lowest BCUT2D eigenvalue weighted by Crippen LogP contribution is -2.18. The summed E-state index contributed by atoms with van der Waals surface area (Å²) in [6.07, 6.45) is 1.72. The molecule has 0 aliphatic heterocycles. The van der Waals surface area contributed by atoms with E-state index in [9.17, 15) is 8.78 Å². The zero-order valence-electron chi connectivity index (χ0n) is 6.48. The molecule has 0 unspecified atom stereocenters. The molecule has 1 aromatic rings. The molecule has 1 aliphatic rings. The lowest BCUT2D eigenvalue weighted by atomic mass is 10.1. The third-order valence-electron chi connectivity index (χ3n) is 2.28. The van der Waals surface area contributed by atoms with Gasteiger partial charge in [-0.05, 0) is 30.5 Å². The fourth-order valence-electron chi connectivity index (χ4n) is 1.23. The Bertz CT molecular complexity index is 318. The molecule has 0 radical (unpaired) electrons. The molecule has 0 spiro atoms. The first kappa shape index (κ1) is 7.68. The highest BCUT2D eigenvalue weighted by atomic mass is 19.2. The van der Waals surface area contributed by atoms with Gasteiger partial charge in [-0.1, -0.05) is 6.07 Å². The van der Waals surface area contributed by atoms with Crippen LogP contribution in [0.3, 0.4) is 0 Å². The Hall–Kier alpha value is -0.960. The molecule has 12 heavy (non-hydrogen) atoms. The smallest absolute Gasteiger partial charge is 0.159 e. The summed E-state index contributed by atoms with van der Waals surface area (Å²) in [5.41, 5.74) is 6.11. The maximum Gasteiger partial charge on any atom is 0.159 e. The van der Waals surface area contributed by atoms with Gasteiger partial charge in [0.1, 0.15) is 0 Å². The third kappa shape index (κ3) is 1.10. The molecule has 1 aliphatic carbocycles. The van der Waals surface area contributed by atoms with Crippen molar-refractivity contribution in [2.45, 2.75) is 18.4 Å². The number of halogens is 2. The van der Waals surface area contributed by atoms with Crippen molar-refractivity contribution in [3.63, 3.8) is 0 Å². The standard InChI is InChI=1S/C9H9F2N/c10-7-2-1-6(5-8(7)11)9(12)3-4-9/h1-2,5H,3-4,12H2. The van der Waals surface area contributed by atoms with Gasteiger partial charge in [0, 0.05) is 5.54 Å². The lowest BCUT2D eigenvalue weighted by Gasteiger charge is -2.08. The van der Waals surface area contributed by atoms with Crippen LogP contribution in [0.15, 0.2) is 18.2 Å². The van der Waals surface area contributed by atoms with Crippen LogP contribution in [0.1, 0.15) is 18.4 Å². The van der Waals surface area contributed by atoms with E-state index >= 15 is 0 Å². The van der Waals surface area contributed by atoms with Gasteiger partial charge in [-0.15, -0.1) is 0 Å². The second-order valence-electron chi connectivity index (χ2n) is 3.29. The van der Waals surface area contributed by atoms with E-state index in [4.69, 9.17) is 5.73 Å². The van der Waals surface area contributed by atoms with Crippen molar-refractivity contribution in [3.05, 3.63) is 35.4 Å². The second kappa shape index (κ2) is 2.26. The molecule has 0 saturated heterocycles. The Balaban J connectivity index is 2.41. The van der Waals surface area contributed by atoms with Crippen molar-refractivity contribution in [2.75, 3.05) is 0 Å². The van der Waals surface area contributed by atoms with Gasteiger partial charge in [0.2, 0.25) is 0 Å². The number of hydrogen-bond donors (Lipinski definition) is 1. The predicted octanol–water partition coefficient (Wildman–Crippen LogP) is 1.91. The monoisotopic (exact) mass is 169 g/mol. The molecule has 0 heterocycles. The van der Waals surface area contributed by atoms with Crippen molar-refractivity contribution in [3.8, 4) is 0 Å². The molecular formula is C9H9F2N. The highest BCUT2D eigenvalue weighted by molar-refractivity contribution is 5.30. The van der Waals surface area contributed by atoms with E-state index in [0.29, 0.717) is 5.56 Å². The van der Waals surface area contributed by atoms with Crippen LogP contribution in [0.5, 0.6) is 0 Å². The molecule has 3 heteroatoms. The van der Waals surface area contributed by atoms with Crippen LogP contribution in [0.25, 0.3) is 0 Å². The fourth-order valence-corrected chi connectivity index (χ4v) is 1.23. The summed E-state index contributed by atoms with van der Waals surface area (Å²) in [5, 5.41) is 0. The molecule has 0 atom stereocenters. The predicted molar refractivity (Wildman–Crippen MR) is 41.5 cm³/mol. The maximum absolute atomic E-state index is 12.7. The van der Waals surface area contributed by atoms with Crippen molar-refractivity contribution in [1.82, 2.24) is 0 Å². The van der Waals surface area contributed by atoms with Gasteiger partial charge in [-0.25, -0.2) is 8.78 Å². The molecule has 1 aromatic carbocycles. The van der Waals surface area contributed by atoms with Gasteiger partial charge in [0.25, 0.3) is 0 Å². The van der Waals surface area contributed by atoms with Gasteiger partial charge in [-0.2, -0.15) is 0 Å². The number of rotatable bonds is 1. The molecule has 1 fully saturated rings. The summed E-state index contributed by atoms with van der Waals surface area (Å²) in [7, 11) is 0. The fraction of sp³-hybridized carbons (Fsp3) is 0.333. The van der Waals surface area contributed by atoms with Crippen molar-refractivity contribution >= 4 is 0 Å². The summed E-state index contributed by atoms with van der Waals surface area (Å²) in [5.74, 6) is -1.63. The van der Waals surface area contributed by atoms with Crippen LogP contribution in [-0.2, 0) is 5.54 Å². The van der Waals surface area contributed by atoms with Gasteiger partial charge in [-0.3, -0.25) is 0 Å². The normalized spacial score (nSPS) is 19.2. The molecule has 2 N–H and O–H groups in total. The van der Waals surface area contributed by atoms with Gasteiger partial charge in [0.05, 0.1) is 0 Å². The van der Waals surface area contributed by atoms with Gasteiger partial charge >= 0.3 is 0 Å². The first-order valence-corrected chi connectivity index (χ1v) is 3.86. The maximum atomic E-state index is 12.7. The zero-order valence-corrected chi connectivity index (χ0v) is 6.48. The Kier molecular flexibility index (Phi) is 1.45. The molecular weight excluding hydrogens is 160 g/mol. The van der Waals surface area contributed by atoms with Crippen molar-refractivity contribution in [2.24, 2.45) is 5.73 Å². The van der Waals surface area contributed by atoms with Crippen LogP contribution in [0.4, 0.5) is 8.78 Å². The van der Waals surface area contributed by atoms with Crippen LogP contribution < -0.4 is 5.73 Å². The molecule has 2 rings (SSSR count). The number of nitrogens with two attached hydrogens (primary N) is 1. The Morgan fingerprint density at radius 1 is 1.17 bits per heavy atom. The van der Waals surface area contributed by atoms with E-state index in [0.717, 1.165) is 18.9 Å². The van der Waals surface area contributed by atoms with E-state index in [2.05, 4.69) is 0 Å². The second-order valence-corrected chi connectivity index (χ2v) is 3.29. The zero-order chi connectivity index (χ0) is 8.77. The Morgan fingerprint density at radius 3 is 2.33 bits per heavy atom. The average Bonchev–Trinajstić information content (AvgIpc) is 2.75. The van der Waals surface area contributed by atoms with Crippen molar-refractivity contribution in [1.29, 1.82) is 0 Å². The summed E-state index contributed by atoms with van der Waals surface area (Å²) in [6.45, 7) is 0. The highest BCUT2D eigenvalue weighted by Gasteiger charge is 2.40. The van der Waals surface area contributed by atoms with E-state index in [1.807, 2.05) is 0 Å². The molecule has 0 amide bonds. The summed E-state index contributed by atoms with van der Waals surface area (Å²) in [4.78, 5) is 0. The highest BCUT2D eigenvalue weighted by Crippen LogP contribution is 2.42. The molecule has 1 nitrogen and oxygen atoms in total. The van der Waals surface area contributed by atoms with Crippen LogP contribution in [0.2, 0.25) is 0 Å². The minimum Gasteiger partial charge on any atom is -0.321 e. The van der Waals surface area contributed by atoms with Crippen LogP contribution in [-0.4, -0.2) is 0 Å². The average molecular weight is 169 g/mol. The van der Waals surface area contributed by atoms with Gasteiger partial charge in [0.15, 0.2) is 11.6 Å². The Morgan fingerprint density at radius 2 is 1.83 bits per heavy atom. The van der Waals surface area contributed by atoms with Crippen LogP contribution in [0, 0.1) is 11.6 Å². The van der Waals surface area contributed by atoms with E-state index in [-0.39, 0.29) is 5.54 Å². The minimum absolute atomic E-state index is 0.380. The third-order valence-corrected chi connectivity index (χ3v) is 2.28. The first-order chi connectivity index (χ1) is 5.62. The summed E-state index contributed by atoms with van der Waals surface area (Å²) >= 11 is 0. The number of benzene rings is 1. The summed E-state index contributed by atoms with van der Waals surface area (Å²) < 4.78 is 25.2. The summed E-state index contributed by atoms with van der Waals surface area (Å²) in [6, 6.07) is 3.85. The van der Waals surface area contributed by atoms with E-state index < -0.39 is 11.6 Å². The first-order valence-electron chi connectivity index (χ1n) is 3.86. The minimum atomic E-state index is -0.817. The largest absolute Gasteiger partial charge is 0.321 e. The molecule has 0 aromatic heterocycles. The van der Waals surface area contributed by atoms with E-state index in [1.54, 1.807) is 6.07 Å². The topological polar surface area (TPSA) is 26.0 Å². The number of hydrogen-bond acceptors (Lipinski definition) is 1. The lowest BCUT2D eigenvalue weighted by molar-refractivity contribution is 0.504. The molecule has 0 bridgehead atoms. The van der Waals surface area contributed by atoms with Crippen molar-refractivity contribution < 1.29 is 8.78 Å². The Labute approximate surface area is 69.2 Å². The SMILES string of the molecule is NC1(c2ccc(F)c(F)c2)CC1. The van der Waals surface area contributed by atoms with Crippen LogP contribution >= 0.6 is 0 Å². The quantitative estimate of drug-likeness (QED) is 0.682. The molecule has 1 saturated carbocycles.